The van der Waals surface area contributed by atoms with E-state index < -0.39 is 0 Å². The van der Waals surface area contributed by atoms with Gasteiger partial charge in [0.05, 0.1) is 7.11 Å². The molecule has 0 spiro atoms. The maximum absolute atomic E-state index is 6.14. The van der Waals surface area contributed by atoms with E-state index in [1.807, 2.05) is 12.1 Å². The first-order chi connectivity index (χ1) is 12.0. The molecule has 134 valence electrons. The summed E-state index contributed by atoms with van der Waals surface area (Å²) in [6.45, 7) is 8.91. The Morgan fingerprint density at radius 2 is 1.68 bits per heavy atom. The monoisotopic (exact) mass is 358 g/mol. The molecule has 0 aromatic heterocycles. The fourth-order valence-corrected chi connectivity index (χ4v) is 2.96. The van der Waals surface area contributed by atoms with E-state index >= 15 is 0 Å². The van der Waals surface area contributed by atoms with Crippen molar-refractivity contribution in [2.24, 2.45) is 0 Å². The summed E-state index contributed by atoms with van der Waals surface area (Å²) in [5.74, 6) is 1.59. The molecule has 0 aliphatic heterocycles. The maximum Gasteiger partial charge on any atom is 0.357 e. The second-order valence-corrected chi connectivity index (χ2v) is 6.32. The number of hydrogen-bond donors (Lipinski definition) is 0. The van der Waals surface area contributed by atoms with Crippen molar-refractivity contribution in [3.05, 3.63) is 58.1 Å². The van der Waals surface area contributed by atoms with Crippen molar-refractivity contribution >= 4 is 17.5 Å². The third-order valence-electron chi connectivity index (χ3n) is 4.36. The zero-order chi connectivity index (χ0) is 18.4. The Balaban J connectivity index is 2.28. The fourth-order valence-electron chi connectivity index (χ4n) is 2.87. The molecule has 2 aromatic carbocycles. The number of ether oxygens (including phenoxy) is 3. The molecular weight excluding hydrogens is 332 g/mol. The molecule has 0 unspecified atom stereocenters. The average Bonchev–Trinajstić information content (AvgIpc) is 2.62. The fraction of sp³-hybridized carbons (Fsp3) is 0.381. The third kappa shape index (κ3) is 4.73. The molecule has 25 heavy (non-hydrogen) atoms. The third-order valence-corrected chi connectivity index (χ3v) is 4.61. The Kier molecular flexibility index (Phi) is 6.82. The summed E-state index contributed by atoms with van der Waals surface area (Å²) in [6, 6.07) is 10.2. The van der Waals surface area contributed by atoms with Crippen molar-refractivity contribution in [1.29, 1.82) is 0 Å². The summed E-state index contributed by atoms with van der Waals surface area (Å²) < 4.78 is 16.8. The molecule has 0 saturated carbocycles. The first-order valence-corrected chi connectivity index (χ1v) is 9.00. The van der Waals surface area contributed by atoms with Crippen LogP contribution in [0, 0.1) is 13.8 Å². The van der Waals surface area contributed by atoms with Gasteiger partial charge in [0.15, 0.2) is 0 Å². The predicted octanol–water partition coefficient (Wildman–Crippen LogP) is 5.32. The molecule has 0 aliphatic rings. The predicted molar refractivity (Wildman–Crippen MR) is 106 cm³/mol. The van der Waals surface area contributed by atoms with Gasteiger partial charge in [0, 0.05) is 17.8 Å². The van der Waals surface area contributed by atoms with E-state index in [0.717, 1.165) is 29.7 Å². The lowest BCUT2D eigenvalue weighted by Crippen LogP contribution is -2.11. The van der Waals surface area contributed by atoms with Crippen LogP contribution in [0.25, 0.3) is 0 Å². The van der Waals surface area contributed by atoms with Crippen LogP contribution < -0.4 is 9.47 Å². The summed E-state index contributed by atoms with van der Waals surface area (Å²) >= 11 is 5.03. The van der Waals surface area contributed by atoms with Crippen molar-refractivity contribution in [2.75, 3.05) is 7.11 Å². The van der Waals surface area contributed by atoms with Crippen LogP contribution in [0.1, 0.15) is 41.7 Å². The Bertz CT molecular complexity index is 753. The van der Waals surface area contributed by atoms with Crippen molar-refractivity contribution < 1.29 is 14.2 Å². The Labute approximate surface area is 155 Å². The zero-order valence-corrected chi connectivity index (χ0v) is 16.5. The van der Waals surface area contributed by atoms with Crippen molar-refractivity contribution in [3.8, 4) is 11.5 Å². The van der Waals surface area contributed by atoms with Crippen molar-refractivity contribution in [3.63, 3.8) is 0 Å². The molecular formula is C21H26O3S. The highest BCUT2D eigenvalue weighted by atomic mass is 32.1. The van der Waals surface area contributed by atoms with Gasteiger partial charge in [-0.05, 0) is 61.1 Å². The molecule has 2 rings (SSSR count). The standard InChI is InChI=1S/C21H26O3S/c1-6-16-9-8-10-19(24-21(25)22-5)18(16)13-23-20-12-14(3)17(7-2)11-15(20)4/h8-12H,6-7,13H2,1-5H3. The molecule has 0 amide bonds. The van der Waals surface area contributed by atoms with Crippen LogP contribution in [0.15, 0.2) is 30.3 Å². The lowest BCUT2D eigenvalue weighted by molar-refractivity contribution is 0.287. The lowest BCUT2D eigenvalue weighted by atomic mass is 10.0. The zero-order valence-electron chi connectivity index (χ0n) is 15.6. The largest absolute Gasteiger partial charge is 0.488 e. The minimum atomic E-state index is 0.105. The van der Waals surface area contributed by atoms with Gasteiger partial charge in [-0.1, -0.05) is 32.0 Å². The summed E-state index contributed by atoms with van der Waals surface area (Å²) in [6.07, 6.45) is 1.92. The quantitative estimate of drug-likeness (QED) is 0.654. The van der Waals surface area contributed by atoms with Gasteiger partial charge >= 0.3 is 5.24 Å². The number of methoxy groups -OCH3 is 1. The highest BCUT2D eigenvalue weighted by Crippen LogP contribution is 2.28. The molecule has 2 aromatic rings. The second-order valence-electron chi connectivity index (χ2n) is 5.99. The molecule has 3 nitrogen and oxygen atoms in total. The molecule has 4 heteroatoms. The Morgan fingerprint density at radius 3 is 2.32 bits per heavy atom. The lowest BCUT2D eigenvalue weighted by Gasteiger charge is -2.17. The summed E-state index contributed by atoms with van der Waals surface area (Å²) in [5.41, 5.74) is 5.93. The molecule has 0 radical (unpaired) electrons. The minimum Gasteiger partial charge on any atom is -0.488 e. The van der Waals surface area contributed by atoms with Crippen LogP contribution >= 0.6 is 12.2 Å². The van der Waals surface area contributed by atoms with Gasteiger partial charge in [-0.3, -0.25) is 0 Å². The van der Waals surface area contributed by atoms with E-state index in [1.54, 1.807) is 0 Å². The molecule has 0 N–H and O–H groups in total. The van der Waals surface area contributed by atoms with E-state index in [2.05, 4.69) is 45.9 Å². The van der Waals surface area contributed by atoms with Crippen LogP contribution in [0.2, 0.25) is 0 Å². The van der Waals surface area contributed by atoms with Gasteiger partial charge in [-0.2, -0.15) is 0 Å². The van der Waals surface area contributed by atoms with Gasteiger partial charge in [0.1, 0.15) is 18.1 Å². The van der Waals surface area contributed by atoms with Gasteiger partial charge in [0.25, 0.3) is 0 Å². The van der Waals surface area contributed by atoms with Crippen LogP contribution in [0.3, 0.4) is 0 Å². The first-order valence-electron chi connectivity index (χ1n) is 8.59. The molecule has 0 aliphatic carbocycles. The average molecular weight is 359 g/mol. The molecule has 0 fully saturated rings. The van der Waals surface area contributed by atoms with E-state index in [0.29, 0.717) is 12.4 Å². The van der Waals surface area contributed by atoms with Crippen LogP contribution in [-0.4, -0.2) is 12.3 Å². The summed E-state index contributed by atoms with van der Waals surface area (Å²) in [5, 5.41) is 0.105. The highest BCUT2D eigenvalue weighted by Gasteiger charge is 2.13. The van der Waals surface area contributed by atoms with Gasteiger partial charge in [-0.25, -0.2) is 0 Å². The van der Waals surface area contributed by atoms with Crippen LogP contribution in [-0.2, 0) is 24.2 Å². The van der Waals surface area contributed by atoms with Crippen molar-refractivity contribution in [2.45, 2.75) is 47.1 Å². The number of rotatable bonds is 6. The SMILES string of the molecule is CCc1cc(C)c(OCc2c(CC)cccc2OC(=S)OC)cc1C. The number of hydrogen-bond acceptors (Lipinski definition) is 4. The van der Waals surface area contributed by atoms with E-state index in [9.17, 15) is 0 Å². The second kappa shape index (κ2) is 8.86. The van der Waals surface area contributed by atoms with E-state index in [4.69, 9.17) is 26.4 Å². The van der Waals surface area contributed by atoms with Crippen molar-refractivity contribution in [1.82, 2.24) is 0 Å². The van der Waals surface area contributed by atoms with Crippen LogP contribution in [0.4, 0.5) is 0 Å². The van der Waals surface area contributed by atoms with E-state index in [1.165, 1.54) is 23.8 Å². The molecule has 0 bridgehead atoms. The van der Waals surface area contributed by atoms with Gasteiger partial charge in [0.2, 0.25) is 0 Å². The number of aryl methyl sites for hydroxylation is 4. The summed E-state index contributed by atoms with van der Waals surface area (Å²) in [7, 11) is 1.50. The summed E-state index contributed by atoms with van der Waals surface area (Å²) in [4.78, 5) is 0. The first kappa shape index (κ1) is 19.3. The van der Waals surface area contributed by atoms with E-state index in [-0.39, 0.29) is 5.24 Å². The van der Waals surface area contributed by atoms with Gasteiger partial charge in [-0.15, -0.1) is 0 Å². The highest BCUT2D eigenvalue weighted by molar-refractivity contribution is 7.79. The number of thiocarbonyl (C=S) groups is 1. The van der Waals surface area contributed by atoms with Crippen LogP contribution in [0.5, 0.6) is 11.5 Å². The maximum atomic E-state index is 6.14. The Morgan fingerprint density at radius 1 is 0.960 bits per heavy atom. The minimum absolute atomic E-state index is 0.105. The normalized spacial score (nSPS) is 10.4. The molecule has 0 atom stereocenters. The van der Waals surface area contributed by atoms with Gasteiger partial charge < -0.3 is 14.2 Å². The number of benzene rings is 2. The molecule has 0 heterocycles. The Hall–Kier alpha value is -2.07. The topological polar surface area (TPSA) is 27.7 Å². The molecule has 0 saturated heterocycles. The smallest absolute Gasteiger partial charge is 0.357 e.